The molecule has 1 aliphatic rings. The Kier molecular flexibility index (Phi) is 4.56. The molecule has 104 valence electrons. The third kappa shape index (κ3) is 4.04. The molecule has 0 radical (unpaired) electrons. The van der Waals surface area contributed by atoms with Crippen LogP contribution in [-0.4, -0.2) is 41.7 Å². The van der Waals surface area contributed by atoms with Gasteiger partial charge in [0.1, 0.15) is 0 Å². The number of likely N-dealkylation sites (tertiary alicyclic amines) is 1. The quantitative estimate of drug-likeness (QED) is 0.848. The third-order valence-electron chi connectivity index (χ3n) is 3.77. The van der Waals surface area contributed by atoms with Gasteiger partial charge >= 0.3 is 5.97 Å². The first-order valence-electron chi connectivity index (χ1n) is 6.79. The average Bonchev–Trinajstić information content (AvgIpc) is 2.37. The topological polar surface area (TPSA) is 52.6 Å². The maximum Gasteiger partial charge on any atom is 0.305 e. The Morgan fingerprint density at radius 2 is 2.16 bits per heavy atom. The second kappa shape index (κ2) is 6.17. The molecular formula is C15H22N2O2. The first-order chi connectivity index (χ1) is 9.10. The summed E-state index contributed by atoms with van der Waals surface area (Å²) < 4.78 is 0. The summed E-state index contributed by atoms with van der Waals surface area (Å²) in [6.07, 6.45) is 2.16. The maximum absolute atomic E-state index is 11.1. The smallest absolute Gasteiger partial charge is 0.305 e. The Morgan fingerprint density at radius 3 is 2.79 bits per heavy atom. The van der Waals surface area contributed by atoms with Crippen molar-refractivity contribution in [3.8, 4) is 0 Å². The third-order valence-corrected chi connectivity index (χ3v) is 3.77. The highest BCUT2D eigenvalue weighted by Gasteiger charge is 2.35. The molecule has 0 aromatic heterocycles. The van der Waals surface area contributed by atoms with E-state index in [-0.39, 0.29) is 12.0 Å². The lowest BCUT2D eigenvalue weighted by atomic mass is 9.85. The van der Waals surface area contributed by atoms with Gasteiger partial charge in [0, 0.05) is 18.6 Å². The molecule has 1 aromatic rings. The number of benzene rings is 1. The maximum atomic E-state index is 11.1. The van der Waals surface area contributed by atoms with Gasteiger partial charge in [0.25, 0.3) is 0 Å². The van der Waals surface area contributed by atoms with Crippen LogP contribution >= 0.6 is 0 Å². The Morgan fingerprint density at radius 1 is 1.42 bits per heavy atom. The first kappa shape index (κ1) is 14.0. The van der Waals surface area contributed by atoms with Crippen molar-refractivity contribution in [1.29, 1.82) is 0 Å². The summed E-state index contributed by atoms with van der Waals surface area (Å²) >= 11 is 0. The summed E-state index contributed by atoms with van der Waals surface area (Å²) in [4.78, 5) is 13.3. The zero-order chi connectivity index (χ0) is 13.7. The zero-order valence-electron chi connectivity index (χ0n) is 11.4. The van der Waals surface area contributed by atoms with Crippen molar-refractivity contribution in [1.82, 2.24) is 10.2 Å². The zero-order valence-corrected chi connectivity index (χ0v) is 11.4. The lowest BCUT2D eigenvalue weighted by Gasteiger charge is -2.41. The van der Waals surface area contributed by atoms with Crippen molar-refractivity contribution < 1.29 is 9.90 Å². The summed E-state index contributed by atoms with van der Waals surface area (Å²) in [6, 6.07) is 10.1. The van der Waals surface area contributed by atoms with Crippen LogP contribution in [0.1, 0.15) is 24.8 Å². The van der Waals surface area contributed by atoms with Gasteiger partial charge < -0.3 is 15.3 Å². The predicted molar refractivity (Wildman–Crippen MR) is 75.0 cm³/mol. The van der Waals surface area contributed by atoms with E-state index < -0.39 is 5.97 Å². The Labute approximate surface area is 114 Å². The fourth-order valence-electron chi connectivity index (χ4n) is 2.89. The van der Waals surface area contributed by atoms with Gasteiger partial charge in [-0.1, -0.05) is 30.3 Å². The molecule has 0 spiro atoms. The standard InChI is InChI=1S/C15H22N2O2/c1-17-9-5-8-15(12-17,10-14(18)19)16-11-13-6-3-2-4-7-13/h2-4,6-7,16H,5,8-12H2,1H3,(H,18,19). The number of likely N-dealkylation sites (N-methyl/N-ethyl adjacent to an activating group) is 1. The number of nitrogens with zero attached hydrogens (tertiary/aromatic N) is 1. The lowest BCUT2D eigenvalue weighted by molar-refractivity contribution is -0.139. The Bertz CT molecular complexity index is 421. The molecule has 0 bridgehead atoms. The molecule has 1 saturated heterocycles. The number of carboxylic acids is 1. The summed E-state index contributed by atoms with van der Waals surface area (Å²) in [5.41, 5.74) is 0.898. The first-order valence-corrected chi connectivity index (χ1v) is 6.79. The molecule has 2 rings (SSSR count). The number of nitrogens with one attached hydrogen (secondary N) is 1. The van der Waals surface area contributed by atoms with E-state index >= 15 is 0 Å². The molecular weight excluding hydrogens is 240 g/mol. The van der Waals surface area contributed by atoms with Gasteiger partial charge in [0.05, 0.1) is 6.42 Å². The highest BCUT2D eigenvalue weighted by Crippen LogP contribution is 2.24. The Hall–Kier alpha value is -1.39. The molecule has 0 amide bonds. The van der Waals surface area contributed by atoms with Crippen molar-refractivity contribution in [3.63, 3.8) is 0 Å². The van der Waals surface area contributed by atoms with Gasteiger partial charge in [-0.15, -0.1) is 0 Å². The molecule has 1 aromatic carbocycles. The monoisotopic (exact) mass is 262 g/mol. The molecule has 2 N–H and O–H groups in total. The molecule has 1 unspecified atom stereocenters. The fourth-order valence-corrected chi connectivity index (χ4v) is 2.89. The van der Waals surface area contributed by atoms with Gasteiger partial charge in [-0.25, -0.2) is 0 Å². The fraction of sp³-hybridized carbons (Fsp3) is 0.533. The van der Waals surface area contributed by atoms with Crippen LogP contribution in [0.4, 0.5) is 0 Å². The molecule has 1 fully saturated rings. The molecule has 0 saturated carbocycles. The number of hydrogen-bond acceptors (Lipinski definition) is 3. The number of aliphatic carboxylic acids is 1. The lowest BCUT2D eigenvalue weighted by Crippen LogP contribution is -2.56. The van der Waals surface area contributed by atoms with E-state index in [1.165, 1.54) is 5.56 Å². The summed E-state index contributed by atoms with van der Waals surface area (Å²) in [6.45, 7) is 2.57. The minimum Gasteiger partial charge on any atom is -0.481 e. The van der Waals surface area contributed by atoms with Gasteiger partial charge in [0.15, 0.2) is 0 Å². The number of carboxylic acid groups (broad SMARTS) is 1. The molecule has 1 heterocycles. The Balaban J connectivity index is 2.03. The van der Waals surface area contributed by atoms with Crippen LogP contribution in [0.2, 0.25) is 0 Å². The van der Waals surface area contributed by atoms with E-state index in [9.17, 15) is 4.79 Å². The van der Waals surface area contributed by atoms with Gasteiger partial charge in [-0.3, -0.25) is 4.79 Å². The largest absolute Gasteiger partial charge is 0.481 e. The molecule has 1 atom stereocenters. The van der Waals surface area contributed by atoms with E-state index in [1.807, 2.05) is 18.2 Å². The normalized spacial score (nSPS) is 24.3. The van der Waals surface area contributed by atoms with Crippen molar-refractivity contribution >= 4 is 5.97 Å². The molecule has 4 nitrogen and oxygen atoms in total. The number of hydrogen-bond donors (Lipinski definition) is 2. The van der Waals surface area contributed by atoms with E-state index in [0.717, 1.165) is 32.5 Å². The number of carbonyl (C=O) groups is 1. The van der Waals surface area contributed by atoms with Crippen molar-refractivity contribution in [2.75, 3.05) is 20.1 Å². The van der Waals surface area contributed by atoms with Crippen LogP contribution < -0.4 is 5.32 Å². The molecule has 19 heavy (non-hydrogen) atoms. The molecule has 0 aliphatic carbocycles. The average molecular weight is 262 g/mol. The van der Waals surface area contributed by atoms with Crippen LogP contribution in [0, 0.1) is 0 Å². The highest BCUT2D eigenvalue weighted by molar-refractivity contribution is 5.68. The predicted octanol–water partition coefficient (Wildman–Crippen LogP) is 1.72. The highest BCUT2D eigenvalue weighted by atomic mass is 16.4. The number of rotatable bonds is 5. The van der Waals surface area contributed by atoms with Crippen molar-refractivity contribution in [3.05, 3.63) is 35.9 Å². The number of piperidine rings is 1. The second-order valence-corrected chi connectivity index (χ2v) is 5.53. The van der Waals surface area contributed by atoms with E-state index in [2.05, 4.69) is 29.4 Å². The van der Waals surface area contributed by atoms with Gasteiger partial charge in [-0.05, 0) is 32.0 Å². The van der Waals surface area contributed by atoms with Crippen LogP contribution in [0.15, 0.2) is 30.3 Å². The van der Waals surface area contributed by atoms with E-state index in [0.29, 0.717) is 0 Å². The molecule has 4 heteroatoms. The summed E-state index contributed by atoms with van der Waals surface area (Å²) in [7, 11) is 2.06. The van der Waals surface area contributed by atoms with Crippen LogP contribution in [-0.2, 0) is 11.3 Å². The van der Waals surface area contributed by atoms with Crippen molar-refractivity contribution in [2.24, 2.45) is 0 Å². The van der Waals surface area contributed by atoms with Gasteiger partial charge in [-0.2, -0.15) is 0 Å². The van der Waals surface area contributed by atoms with E-state index in [1.54, 1.807) is 0 Å². The van der Waals surface area contributed by atoms with Crippen LogP contribution in [0.25, 0.3) is 0 Å². The van der Waals surface area contributed by atoms with Gasteiger partial charge in [0.2, 0.25) is 0 Å². The minimum absolute atomic E-state index is 0.185. The minimum atomic E-state index is -0.726. The van der Waals surface area contributed by atoms with E-state index in [4.69, 9.17) is 5.11 Å². The molecule has 1 aliphatic heterocycles. The second-order valence-electron chi connectivity index (χ2n) is 5.53. The van der Waals surface area contributed by atoms with Crippen molar-refractivity contribution in [2.45, 2.75) is 31.3 Å². The summed E-state index contributed by atoms with van der Waals surface area (Å²) in [5.74, 6) is -0.726. The SMILES string of the molecule is CN1CCCC(CC(=O)O)(NCc2ccccc2)C1. The van der Waals surface area contributed by atoms with Crippen LogP contribution in [0.5, 0.6) is 0 Å². The van der Waals surface area contributed by atoms with Crippen LogP contribution in [0.3, 0.4) is 0 Å². The summed E-state index contributed by atoms with van der Waals surface area (Å²) in [5, 5.41) is 12.6.